The van der Waals surface area contributed by atoms with E-state index in [2.05, 4.69) is 25.5 Å². The number of hydrogen-bond donors (Lipinski definition) is 1. The van der Waals surface area contributed by atoms with Crippen molar-refractivity contribution in [1.29, 1.82) is 0 Å². The quantitative estimate of drug-likeness (QED) is 0.352. The summed E-state index contributed by atoms with van der Waals surface area (Å²) in [4.78, 5) is 33.3. The molecule has 0 spiro atoms. The van der Waals surface area contributed by atoms with Crippen LogP contribution in [0.5, 0.6) is 0 Å². The molecule has 0 radical (unpaired) electrons. The molecule has 13 heteroatoms. The fourth-order valence-corrected chi connectivity index (χ4v) is 5.34. The number of aryl methyl sites for hydroxylation is 1. The normalized spacial score (nSPS) is 15.4. The van der Waals surface area contributed by atoms with Gasteiger partial charge < -0.3 is 10.1 Å². The van der Waals surface area contributed by atoms with E-state index in [1.807, 2.05) is 0 Å². The fraction of sp³-hybridized carbons (Fsp3) is 0.280. The van der Waals surface area contributed by atoms with Gasteiger partial charge in [-0.3, -0.25) is 14.3 Å². The van der Waals surface area contributed by atoms with Crippen molar-refractivity contribution >= 4 is 15.7 Å². The maximum Gasteiger partial charge on any atom is 0.254 e. The predicted molar refractivity (Wildman–Crippen MR) is 136 cm³/mol. The molecule has 0 aliphatic carbocycles. The van der Waals surface area contributed by atoms with Gasteiger partial charge >= 0.3 is 0 Å². The number of carbonyl (C=O) groups is 1. The van der Waals surface area contributed by atoms with E-state index in [0.717, 1.165) is 12.8 Å². The summed E-state index contributed by atoms with van der Waals surface area (Å²) >= 11 is 0. The van der Waals surface area contributed by atoms with E-state index < -0.39 is 21.0 Å². The highest BCUT2D eigenvalue weighted by Gasteiger charge is 2.21. The van der Waals surface area contributed by atoms with Crippen LogP contribution < -0.4 is 10.7 Å². The summed E-state index contributed by atoms with van der Waals surface area (Å²) in [5.41, 5.74) is 0.731. The first-order chi connectivity index (χ1) is 18.3. The molecule has 1 saturated heterocycles. The Morgan fingerprint density at radius 2 is 2.00 bits per heavy atom. The smallest absolute Gasteiger partial charge is 0.254 e. The number of benzene rings is 1. The number of sulfone groups is 1. The summed E-state index contributed by atoms with van der Waals surface area (Å²) in [7, 11) is -2.19. The average molecular weight is 536 g/mol. The van der Waals surface area contributed by atoms with E-state index in [4.69, 9.17) is 4.74 Å². The van der Waals surface area contributed by atoms with Crippen LogP contribution in [-0.4, -0.2) is 63.1 Å². The predicted octanol–water partition coefficient (Wildman–Crippen LogP) is 1.31. The minimum absolute atomic E-state index is 0.00466. The highest BCUT2D eigenvalue weighted by molar-refractivity contribution is 7.90. The van der Waals surface area contributed by atoms with Gasteiger partial charge in [0, 0.05) is 50.4 Å². The molecule has 12 nitrogen and oxygen atoms in total. The van der Waals surface area contributed by atoms with Gasteiger partial charge in [0.05, 0.1) is 29.0 Å². The van der Waals surface area contributed by atoms with E-state index in [9.17, 15) is 18.0 Å². The van der Waals surface area contributed by atoms with Gasteiger partial charge in [0.1, 0.15) is 17.1 Å². The molecule has 1 aromatic carbocycles. The number of aromatic nitrogens is 6. The molecule has 1 unspecified atom stereocenters. The van der Waals surface area contributed by atoms with Crippen molar-refractivity contribution in [2.75, 3.05) is 13.2 Å². The summed E-state index contributed by atoms with van der Waals surface area (Å²) < 4.78 is 34.9. The molecule has 1 fully saturated rings. The lowest BCUT2D eigenvalue weighted by atomic mass is 10.2. The second-order valence-electron chi connectivity index (χ2n) is 8.87. The van der Waals surface area contributed by atoms with E-state index in [-0.39, 0.29) is 34.0 Å². The van der Waals surface area contributed by atoms with E-state index in [1.54, 1.807) is 36.3 Å². The molecule has 196 valence electrons. The third kappa shape index (κ3) is 5.68. The molecule has 0 saturated carbocycles. The van der Waals surface area contributed by atoms with Crippen molar-refractivity contribution in [2.24, 2.45) is 7.05 Å². The Kier molecular flexibility index (Phi) is 7.11. The molecule has 4 aromatic rings. The summed E-state index contributed by atoms with van der Waals surface area (Å²) in [5.74, 6) is -0.633. The molecule has 3 aromatic heterocycles. The zero-order chi connectivity index (χ0) is 26.7. The van der Waals surface area contributed by atoms with Crippen LogP contribution >= 0.6 is 0 Å². The van der Waals surface area contributed by atoms with Crippen LogP contribution in [0.15, 0.2) is 71.0 Å². The van der Waals surface area contributed by atoms with E-state index >= 15 is 0 Å². The monoisotopic (exact) mass is 535 g/mol. The van der Waals surface area contributed by atoms with Gasteiger partial charge in [-0.15, -0.1) is 0 Å². The first-order valence-corrected chi connectivity index (χ1v) is 13.6. The largest absolute Gasteiger partial charge is 0.376 e. The molecule has 5 rings (SSSR count). The summed E-state index contributed by atoms with van der Waals surface area (Å²) in [5, 5.41) is 11.1. The standard InChI is InChI=1S/C25H25N7O5S/c1-31-15-19(13-29-31)32-8-7-23(33)22(30-32)16-38(35,36)21-6-2-4-17(10-21)24-26-11-18(12-27-24)25(34)28-14-20-5-3-9-37-20/h2,4,6-8,10-13,15,20H,3,5,9,14,16H2,1H3,(H,28,34). The molecule has 1 amide bonds. The van der Waals surface area contributed by atoms with E-state index in [1.165, 1.54) is 41.5 Å². The number of hydrogen-bond acceptors (Lipinski definition) is 9. The fourth-order valence-electron chi connectivity index (χ4n) is 4.02. The summed E-state index contributed by atoms with van der Waals surface area (Å²) in [6.45, 7) is 1.13. The number of carbonyl (C=O) groups excluding carboxylic acids is 1. The minimum Gasteiger partial charge on any atom is -0.376 e. The third-order valence-electron chi connectivity index (χ3n) is 6.04. The van der Waals surface area contributed by atoms with Crippen molar-refractivity contribution in [3.8, 4) is 17.1 Å². The zero-order valence-electron chi connectivity index (χ0n) is 20.5. The van der Waals surface area contributed by atoms with Gasteiger partial charge in [-0.25, -0.2) is 23.1 Å². The Labute approximate surface area is 218 Å². The molecule has 0 bridgehead atoms. The highest BCUT2D eigenvalue weighted by atomic mass is 32.2. The van der Waals surface area contributed by atoms with Gasteiger partial charge in [0.2, 0.25) is 5.43 Å². The van der Waals surface area contributed by atoms with Crippen molar-refractivity contribution in [2.45, 2.75) is 29.6 Å². The lowest BCUT2D eigenvalue weighted by molar-refractivity contribution is 0.0857. The van der Waals surface area contributed by atoms with Crippen LogP contribution in [-0.2, 0) is 27.4 Å². The molecule has 1 aliphatic heterocycles. The average Bonchev–Trinajstić information content (AvgIpc) is 3.60. The Bertz CT molecular complexity index is 1620. The van der Waals surface area contributed by atoms with Gasteiger partial charge in [0.25, 0.3) is 5.91 Å². The van der Waals surface area contributed by atoms with Crippen molar-refractivity contribution < 1.29 is 17.9 Å². The zero-order valence-corrected chi connectivity index (χ0v) is 21.3. The van der Waals surface area contributed by atoms with Crippen molar-refractivity contribution in [1.82, 2.24) is 34.8 Å². The third-order valence-corrected chi connectivity index (χ3v) is 7.67. The SMILES string of the molecule is Cn1cc(-n2ccc(=O)c(CS(=O)(=O)c3cccc(-c4ncc(C(=O)NCC5CCCO5)cn4)c3)n2)cn1. The van der Waals surface area contributed by atoms with Crippen LogP contribution in [0, 0.1) is 0 Å². The van der Waals surface area contributed by atoms with Crippen LogP contribution in [0.2, 0.25) is 0 Å². The number of nitrogens with one attached hydrogen (secondary N) is 1. The number of nitrogens with zero attached hydrogens (tertiary/aromatic N) is 6. The van der Waals surface area contributed by atoms with Crippen molar-refractivity contribution in [3.63, 3.8) is 0 Å². The maximum absolute atomic E-state index is 13.2. The number of ether oxygens (including phenoxy) is 1. The van der Waals surface area contributed by atoms with Gasteiger partial charge in [0.15, 0.2) is 15.7 Å². The second kappa shape index (κ2) is 10.6. The first kappa shape index (κ1) is 25.4. The summed E-state index contributed by atoms with van der Waals surface area (Å²) in [6, 6.07) is 7.38. The van der Waals surface area contributed by atoms with Gasteiger partial charge in [-0.2, -0.15) is 10.2 Å². The maximum atomic E-state index is 13.2. The van der Waals surface area contributed by atoms with Gasteiger partial charge in [-0.05, 0) is 25.0 Å². The molecule has 38 heavy (non-hydrogen) atoms. The second-order valence-corrected chi connectivity index (χ2v) is 10.9. The lowest BCUT2D eigenvalue weighted by Gasteiger charge is -2.10. The van der Waals surface area contributed by atoms with E-state index in [0.29, 0.717) is 24.4 Å². The summed E-state index contributed by atoms with van der Waals surface area (Å²) in [6.07, 6.45) is 9.41. The van der Waals surface area contributed by atoms with Crippen molar-refractivity contribution in [3.05, 3.63) is 82.8 Å². The van der Waals surface area contributed by atoms with Crippen LogP contribution in [0.4, 0.5) is 0 Å². The lowest BCUT2D eigenvalue weighted by Crippen LogP contribution is -2.31. The molecule has 4 heterocycles. The number of amides is 1. The Hall–Kier alpha value is -4.23. The Morgan fingerprint density at radius 3 is 2.71 bits per heavy atom. The van der Waals surface area contributed by atoms with Crippen LogP contribution in [0.3, 0.4) is 0 Å². The van der Waals surface area contributed by atoms with Gasteiger partial charge in [-0.1, -0.05) is 12.1 Å². The van der Waals surface area contributed by atoms with Crippen LogP contribution in [0.1, 0.15) is 28.9 Å². The molecule has 1 aliphatic rings. The molecular formula is C25H25N7O5S. The molecule has 1 atom stereocenters. The molecular weight excluding hydrogens is 510 g/mol. The Balaban J connectivity index is 1.32. The molecule has 1 N–H and O–H groups in total. The minimum atomic E-state index is -3.93. The number of rotatable bonds is 8. The topological polar surface area (TPSA) is 151 Å². The Morgan fingerprint density at radius 1 is 1.18 bits per heavy atom. The first-order valence-electron chi connectivity index (χ1n) is 11.9. The highest BCUT2D eigenvalue weighted by Crippen LogP contribution is 2.22. The van der Waals surface area contributed by atoms with Crippen LogP contribution in [0.25, 0.3) is 17.1 Å².